The van der Waals surface area contributed by atoms with Crippen molar-refractivity contribution >= 4 is 37.8 Å². The summed E-state index contributed by atoms with van der Waals surface area (Å²) in [7, 11) is 0. The Kier molecular flexibility index (Phi) is 5.00. The van der Waals surface area contributed by atoms with Crippen LogP contribution in [0.4, 0.5) is 0 Å². The molecule has 0 aliphatic heterocycles. The summed E-state index contributed by atoms with van der Waals surface area (Å²) in [5, 5.41) is 3.02. The van der Waals surface area contributed by atoms with E-state index in [0.29, 0.717) is 5.56 Å². The lowest BCUT2D eigenvalue weighted by Gasteiger charge is -2.15. The van der Waals surface area contributed by atoms with Crippen LogP contribution >= 0.6 is 31.9 Å². The molecule has 2 aromatic carbocycles. The maximum absolute atomic E-state index is 12.3. The van der Waals surface area contributed by atoms with Gasteiger partial charge in [0, 0.05) is 8.95 Å². The van der Waals surface area contributed by atoms with Gasteiger partial charge in [-0.05, 0) is 59.6 Å². The molecule has 0 saturated carbocycles. The molecule has 4 heteroatoms. The largest absolute Gasteiger partial charge is 0.345 e. The van der Waals surface area contributed by atoms with Crippen LogP contribution < -0.4 is 5.32 Å². The van der Waals surface area contributed by atoms with E-state index < -0.39 is 0 Å². The highest BCUT2D eigenvalue weighted by molar-refractivity contribution is 9.10. The van der Waals surface area contributed by atoms with Crippen LogP contribution in [0.15, 0.2) is 51.4 Å². The molecule has 0 spiro atoms. The van der Waals surface area contributed by atoms with Gasteiger partial charge >= 0.3 is 0 Å². The summed E-state index contributed by atoms with van der Waals surface area (Å²) in [6.45, 7) is 3.95. The molecule has 20 heavy (non-hydrogen) atoms. The van der Waals surface area contributed by atoms with Crippen molar-refractivity contribution in [3.63, 3.8) is 0 Å². The molecule has 0 radical (unpaired) electrons. The molecule has 1 amide bonds. The van der Waals surface area contributed by atoms with Crippen molar-refractivity contribution in [2.24, 2.45) is 0 Å². The molecular weight excluding hydrogens is 382 g/mol. The average molecular weight is 397 g/mol. The van der Waals surface area contributed by atoms with Crippen LogP contribution in [0.1, 0.15) is 34.5 Å². The lowest BCUT2D eigenvalue weighted by molar-refractivity contribution is 0.0939. The van der Waals surface area contributed by atoms with Crippen molar-refractivity contribution in [2.75, 3.05) is 0 Å². The number of aryl methyl sites for hydroxylation is 1. The average Bonchev–Trinajstić information content (AvgIpc) is 2.41. The van der Waals surface area contributed by atoms with Gasteiger partial charge in [-0.1, -0.05) is 39.7 Å². The molecule has 0 saturated heterocycles. The fourth-order valence-corrected chi connectivity index (χ4v) is 2.79. The van der Waals surface area contributed by atoms with Gasteiger partial charge in [-0.2, -0.15) is 0 Å². The first kappa shape index (κ1) is 15.3. The van der Waals surface area contributed by atoms with E-state index in [2.05, 4.69) is 37.2 Å². The lowest BCUT2D eigenvalue weighted by atomic mass is 10.1. The molecule has 104 valence electrons. The van der Waals surface area contributed by atoms with Crippen LogP contribution in [0.5, 0.6) is 0 Å². The Labute approximate surface area is 135 Å². The maximum atomic E-state index is 12.3. The molecule has 0 aliphatic rings. The van der Waals surface area contributed by atoms with Gasteiger partial charge in [0.1, 0.15) is 0 Å². The van der Waals surface area contributed by atoms with E-state index in [-0.39, 0.29) is 11.9 Å². The van der Waals surface area contributed by atoms with Gasteiger partial charge in [0.2, 0.25) is 0 Å². The number of amides is 1. The van der Waals surface area contributed by atoms with Gasteiger partial charge in [-0.25, -0.2) is 0 Å². The minimum Gasteiger partial charge on any atom is -0.345 e. The van der Waals surface area contributed by atoms with Gasteiger partial charge in [0.25, 0.3) is 5.91 Å². The third-order valence-corrected chi connectivity index (χ3v) is 4.25. The second-order valence-electron chi connectivity index (χ2n) is 4.73. The maximum Gasteiger partial charge on any atom is 0.252 e. The smallest absolute Gasteiger partial charge is 0.252 e. The number of rotatable bonds is 3. The van der Waals surface area contributed by atoms with Crippen LogP contribution in [0.25, 0.3) is 0 Å². The van der Waals surface area contributed by atoms with Crippen LogP contribution in [-0.4, -0.2) is 5.91 Å². The summed E-state index contributed by atoms with van der Waals surface area (Å²) >= 11 is 6.86. The standard InChI is InChI=1S/C16H15Br2NO/c1-10-6-7-15(18)14(8-10)16(20)19-11(2)12-4-3-5-13(17)9-12/h3-9,11H,1-2H3,(H,19,20). The van der Waals surface area contributed by atoms with Crippen molar-refractivity contribution < 1.29 is 4.79 Å². The van der Waals surface area contributed by atoms with Crippen molar-refractivity contribution in [1.82, 2.24) is 5.32 Å². The Morgan fingerprint density at radius 1 is 1.15 bits per heavy atom. The number of hydrogen-bond acceptors (Lipinski definition) is 1. The molecular formula is C16H15Br2NO. The van der Waals surface area contributed by atoms with Crippen molar-refractivity contribution in [2.45, 2.75) is 19.9 Å². The zero-order valence-corrected chi connectivity index (χ0v) is 14.5. The normalized spacial score (nSPS) is 12.0. The number of carbonyl (C=O) groups excluding carboxylic acids is 1. The van der Waals surface area contributed by atoms with Crippen LogP contribution in [0.2, 0.25) is 0 Å². The van der Waals surface area contributed by atoms with Crippen LogP contribution in [0.3, 0.4) is 0 Å². The number of halogens is 2. The molecule has 1 atom stereocenters. The van der Waals surface area contributed by atoms with E-state index in [0.717, 1.165) is 20.1 Å². The number of carbonyl (C=O) groups is 1. The highest BCUT2D eigenvalue weighted by Gasteiger charge is 2.14. The summed E-state index contributed by atoms with van der Waals surface area (Å²) in [5.41, 5.74) is 2.79. The summed E-state index contributed by atoms with van der Waals surface area (Å²) in [5.74, 6) is -0.0759. The molecule has 0 fully saturated rings. The molecule has 0 heterocycles. The fourth-order valence-electron chi connectivity index (χ4n) is 1.95. The predicted molar refractivity (Wildman–Crippen MR) is 88.9 cm³/mol. The van der Waals surface area contributed by atoms with E-state index in [4.69, 9.17) is 0 Å². The second-order valence-corrected chi connectivity index (χ2v) is 6.50. The summed E-state index contributed by atoms with van der Waals surface area (Å²) in [6.07, 6.45) is 0. The van der Waals surface area contributed by atoms with Gasteiger partial charge < -0.3 is 5.32 Å². The van der Waals surface area contributed by atoms with E-state index in [1.54, 1.807) is 0 Å². The van der Waals surface area contributed by atoms with Crippen LogP contribution in [-0.2, 0) is 0 Å². The number of hydrogen-bond donors (Lipinski definition) is 1. The Balaban J connectivity index is 2.17. The van der Waals surface area contributed by atoms with Crippen LogP contribution in [0, 0.1) is 6.92 Å². The van der Waals surface area contributed by atoms with Crippen molar-refractivity contribution in [1.29, 1.82) is 0 Å². The van der Waals surface area contributed by atoms with Gasteiger partial charge in [0.15, 0.2) is 0 Å². The zero-order valence-electron chi connectivity index (χ0n) is 11.3. The third-order valence-electron chi connectivity index (χ3n) is 3.06. The molecule has 0 aromatic heterocycles. The first-order valence-electron chi connectivity index (χ1n) is 6.30. The van der Waals surface area contributed by atoms with E-state index in [1.807, 2.05) is 56.3 Å². The van der Waals surface area contributed by atoms with Gasteiger partial charge in [-0.15, -0.1) is 0 Å². The lowest BCUT2D eigenvalue weighted by Crippen LogP contribution is -2.27. The molecule has 2 rings (SSSR count). The topological polar surface area (TPSA) is 29.1 Å². The molecule has 1 unspecified atom stereocenters. The second kappa shape index (κ2) is 6.55. The first-order chi connectivity index (χ1) is 9.47. The minimum absolute atomic E-state index is 0.0487. The SMILES string of the molecule is Cc1ccc(Br)c(C(=O)NC(C)c2cccc(Br)c2)c1. The van der Waals surface area contributed by atoms with Gasteiger partial charge in [-0.3, -0.25) is 4.79 Å². The molecule has 1 N–H and O–H groups in total. The molecule has 0 bridgehead atoms. The summed E-state index contributed by atoms with van der Waals surface area (Å²) in [4.78, 5) is 12.3. The highest BCUT2D eigenvalue weighted by Crippen LogP contribution is 2.21. The van der Waals surface area contributed by atoms with E-state index in [9.17, 15) is 4.79 Å². The Bertz CT molecular complexity index is 640. The van der Waals surface area contributed by atoms with E-state index in [1.165, 1.54) is 0 Å². The molecule has 2 aromatic rings. The quantitative estimate of drug-likeness (QED) is 0.775. The van der Waals surface area contributed by atoms with E-state index >= 15 is 0 Å². The summed E-state index contributed by atoms with van der Waals surface area (Å²) < 4.78 is 1.81. The number of benzene rings is 2. The van der Waals surface area contributed by atoms with Crippen molar-refractivity contribution in [3.05, 3.63) is 68.1 Å². The number of nitrogens with one attached hydrogen (secondary N) is 1. The Morgan fingerprint density at radius 2 is 1.90 bits per heavy atom. The zero-order chi connectivity index (χ0) is 14.7. The fraction of sp³-hybridized carbons (Fsp3) is 0.188. The Morgan fingerprint density at radius 3 is 2.60 bits per heavy atom. The van der Waals surface area contributed by atoms with Gasteiger partial charge in [0.05, 0.1) is 11.6 Å². The first-order valence-corrected chi connectivity index (χ1v) is 7.88. The minimum atomic E-state index is -0.0759. The highest BCUT2D eigenvalue weighted by atomic mass is 79.9. The Hall–Kier alpha value is -1.13. The monoisotopic (exact) mass is 395 g/mol. The third kappa shape index (κ3) is 3.70. The molecule has 0 aliphatic carbocycles. The van der Waals surface area contributed by atoms with Crippen molar-refractivity contribution in [3.8, 4) is 0 Å². The summed E-state index contributed by atoms with van der Waals surface area (Å²) in [6, 6.07) is 13.6. The molecule has 2 nitrogen and oxygen atoms in total. The predicted octanol–water partition coefficient (Wildman–Crippen LogP) is 5.01.